The number of anilines is 1. The van der Waals surface area contributed by atoms with Crippen molar-refractivity contribution in [2.24, 2.45) is 11.7 Å². The van der Waals surface area contributed by atoms with Crippen molar-refractivity contribution >= 4 is 11.6 Å². The van der Waals surface area contributed by atoms with Gasteiger partial charge in [0.15, 0.2) is 0 Å². The number of benzene rings is 1. The van der Waals surface area contributed by atoms with Crippen LogP contribution in [0.25, 0.3) is 0 Å². The molecule has 2 unspecified atom stereocenters. The zero-order valence-corrected chi connectivity index (χ0v) is 13.4. The van der Waals surface area contributed by atoms with Crippen LogP contribution in [0.1, 0.15) is 30.9 Å². The maximum Gasteiger partial charge on any atom is 0.238 e. The number of piperidine rings is 1. The number of hydrogen-bond acceptors (Lipinski definition) is 3. The van der Waals surface area contributed by atoms with Crippen LogP contribution in [0.15, 0.2) is 18.2 Å². The van der Waals surface area contributed by atoms with Crippen molar-refractivity contribution < 1.29 is 4.79 Å². The van der Waals surface area contributed by atoms with Crippen LogP contribution in [0.3, 0.4) is 0 Å². The standard InChI is InChI=1S/C17H27N3O/c1-12-6-7-15(9-14(12)3)19-17(21)11-20-8-4-5-13(2)16(20)10-18/h6-7,9,13,16H,4-5,8,10-11,18H2,1-3H3,(H,19,21). The van der Waals surface area contributed by atoms with Crippen molar-refractivity contribution in [2.75, 3.05) is 25.0 Å². The van der Waals surface area contributed by atoms with Gasteiger partial charge in [-0.2, -0.15) is 0 Å². The van der Waals surface area contributed by atoms with Crippen molar-refractivity contribution in [3.63, 3.8) is 0 Å². The average molecular weight is 289 g/mol. The van der Waals surface area contributed by atoms with Crippen LogP contribution in [0, 0.1) is 19.8 Å². The highest BCUT2D eigenvalue weighted by Crippen LogP contribution is 2.22. The number of aryl methyl sites for hydroxylation is 2. The van der Waals surface area contributed by atoms with Gasteiger partial charge in [-0.15, -0.1) is 0 Å². The quantitative estimate of drug-likeness (QED) is 0.894. The largest absolute Gasteiger partial charge is 0.329 e. The molecule has 0 aromatic heterocycles. The molecule has 21 heavy (non-hydrogen) atoms. The summed E-state index contributed by atoms with van der Waals surface area (Å²) in [6.07, 6.45) is 2.35. The summed E-state index contributed by atoms with van der Waals surface area (Å²) in [5.41, 5.74) is 9.18. The van der Waals surface area contributed by atoms with E-state index in [1.165, 1.54) is 17.5 Å². The average Bonchev–Trinajstić information content (AvgIpc) is 2.43. The molecule has 1 aromatic carbocycles. The molecule has 0 bridgehead atoms. The van der Waals surface area contributed by atoms with Crippen LogP contribution < -0.4 is 11.1 Å². The van der Waals surface area contributed by atoms with E-state index in [1.54, 1.807) is 0 Å². The van der Waals surface area contributed by atoms with Crippen molar-refractivity contribution in [1.29, 1.82) is 0 Å². The molecule has 2 rings (SSSR count). The number of carbonyl (C=O) groups is 1. The Bertz CT molecular complexity index is 501. The van der Waals surface area contributed by atoms with Crippen LogP contribution in [0.4, 0.5) is 5.69 Å². The zero-order valence-electron chi connectivity index (χ0n) is 13.4. The molecule has 1 aliphatic rings. The SMILES string of the molecule is Cc1ccc(NC(=O)CN2CCCC(C)C2CN)cc1C. The van der Waals surface area contributed by atoms with E-state index in [9.17, 15) is 4.79 Å². The third-order valence-electron chi connectivity index (χ3n) is 4.61. The van der Waals surface area contributed by atoms with Gasteiger partial charge in [-0.05, 0) is 62.4 Å². The second kappa shape index (κ2) is 7.05. The van der Waals surface area contributed by atoms with Gasteiger partial charge < -0.3 is 11.1 Å². The van der Waals surface area contributed by atoms with Crippen LogP contribution in [0.2, 0.25) is 0 Å². The highest BCUT2D eigenvalue weighted by Gasteiger charge is 2.28. The lowest BCUT2D eigenvalue weighted by molar-refractivity contribution is -0.118. The molecule has 116 valence electrons. The molecule has 0 saturated carbocycles. The van der Waals surface area contributed by atoms with Crippen LogP contribution in [0.5, 0.6) is 0 Å². The van der Waals surface area contributed by atoms with Gasteiger partial charge in [0.1, 0.15) is 0 Å². The smallest absolute Gasteiger partial charge is 0.238 e. The number of nitrogens with one attached hydrogen (secondary N) is 1. The molecule has 1 heterocycles. The number of likely N-dealkylation sites (tertiary alicyclic amines) is 1. The maximum atomic E-state index is 12.3. The number of nitrogens with zero attached hydrogens (tertiary/aromatic N) is 1. The van der Waals surface area contributed by atoms with E-state index in [-0.39, 0.29) is 5.91 Å². The molecule has 1 aliphatic heterocycles. The van der Waals surface area contributed by atoms with Crippen LogP contribution >= 0.6 is 0 Å². The van der Waals surface area contributed by atoms with Gasteiger partial charge in [0.05, 0.1) is 6.54 Å². The minimum absolute atomic E-state index is 0.0470. The lowest BCUT2D eigenvalue weighted by atomic mass is 9.91. The summed E-state index contributed by atoms with van der Waals surface area (Å²) < 4.78 is 0. The predicted molar refractivity (Wildman–Crippen MR) is 87.4 cm³/mol. The topological polar surface area (TPSA) is 58.4 Å². The van der Waals surface area contributed by atoms with E-state index in [4.69, 9.17) is 5.73 Å². The molecular formula is C17H27N3O. The Labute approximate surface area is 127 Å². The molecule has 1 amide bonds. The minimum atomic E-state index is 0.0470. The third kappa shape index (κ3) is 4.05. The highest BCUT2D eigenvalue weighted by molar-refractivity contribution is 5.92. The molecule has 1 fully saturated rings. The van der Waals surface area contributed by atoms with Gasteiger partial charge in [0.25, 0.3) is 0 Å². The molecule has 0 spiro atoms. The second-order valence-electron chi connectivity index (χ2n) is 6.24. The summed E-state index contributed by atoms with van der Waals surface area (Å²) >= 11 is 0. The Morgan fingerprint density at radius 3 is 2.81 bits per heavy atom. The van der Waals surface area contributed by atoms with Crippen molar-refractivity contribution in [3.05, 3.63) is 29.3 Å². The molecule has 1 aromatic rings. The van der Waals surface area contributed by atoms with E-state index in [0.29, 0.717) is 25.0 Å². The van der Waals surface area contributed by atoms with E-state index in [0.717, 1.165) is 18.7 Å². The van der Waals surface area contributed by atoms with Gasteiger partial charge in [0, 0.05) is 18.3 Å². The summed E-state index contributed by atoms with van der Waals surface area (Å²) in [6, 6.07) is 6.34. The van der Waals surface area contributed by atoms with E-state index in [2.05, 4.69) is 31.0 Å². The Morgan fingerprint density at radius 1 is 1.38 bits per heavy atom. The van der Waals surface area contributed by atoms with Crippen molar-refractivity contribution in [3.8, 4) is 0 Å². The first-order valence-corrected chi connectivity index (χ1v) is 7.82. The van der Waals surface area contributed by atoms with Crippen molar-refractivity contribution in [2.45, 2.75) is 39.7 Å². The fraction of sp³-hybridized carbons (Fsp3) is 0.588. The number of nitrogens with two attached hydrogens (primary N) is 1. The number of carbonyl (C=O) groups excluding carboxylic acids is 1. The van der Waals surface area contributed by atoms with Crippen molar-refractivity contribution in [1.82, 2.24) is 4.90 Å². The summed E-state index contributed by atoms with van der Waals surface area (Å²) in [6.45, 7) is 8.37. The fourth-order valence-corrected chi connectivity index (χ4v) is 3.12. The monoisotopic (exact) mass is 289 g/mol. The number of amides is 1. The molecule has 0 aliphatic carbocycles. The fourth-order valence-electron chi connectivity index (χ4n) is 3.12. The lowest BCUT2D eigenvalue weighted by Gasteiger charge is -2.38. The summed E-state index contributed by atoms with van der Waals surface area (Å²) in [5.74, 6) is 0.615. The molecule has 0 radical (unpaired) electrons. The predicted octanol–water partition coefficient (Wildman–Crippen LogP) is 2.30. The Hall–Kier alpha value is -1.39. The number of rotatable bonds is 4. The first-order chi connectivity index (χ1) is 10.0. The van der Waals surface area contributed by atoms with E-state index >= 15 is 0 Å². The van der Waals surface area contributed by atoms with E-state index in [1.807, 2.05) is 18.2 Å². The molecule has 1 saturated heterocycles. The lowest BCUT2D eigenvalue weighted by Crippen LogP contribution is -2.51. The summed E-state index contributed by atoms with van der Waals surface area (Å²) in [4.78, 5) is 14.5. The van der Waals surface area contributed by atoms with E-state index < -0.39 is 0 Å². The summed E-state index contributed by atoms with van der Waals surface area (Å²) in [7, 11) is 0. The van der Waals surface area contributed by atoms with Gasteiger partial charge in [-0.1, -0.05) is 13.0 Å². The first-order valence-electron chi connectivity index (χ1n) is 7.82. The molecule has 3 N–H and O–H groups in total. The molecule has 4 nitrogen and oxygen atoms in total. The molecular weight excluding hydrogens is 262 g/mol. The van der Waals surface area contributed by atoms with Gasteiger partial charge >= 0.3 is 0 Å². The van der Waals surface area contributed by atoms with Gasteiger partial charge in [-0.25, -0.2) is 0 Å². The zero-order chi connectivity index (χ0) is 15.4. The minimum Gasteiger partial charge on any atom is -0.329 e. The Kier molecular flexibility index (Phi) is 5.37. The maximum absolute atomic E-state index is 12.3. The van der Waals surface area contributed by atoms with Gasteiger partial charge in [-0.3, -0.25) is 9.69 Å². The normalized spacial score (nSPS) is 23.0. The summed E-state index contributed by atoms with van der Waals surface area (Å²) in [5, 5.41) is 3.00. The Morgan fingerprint density at radius 2 is 2.14 bits per heavy atom. The molecule has 2 atom stereocenters. The molecule has 4 heteroatoms. The highest BCUT2D eigenvalue weighted by atomic mass is 16.2. The van der Waals surface area contributed by atoms with Gasteiger partial charge in [0.2, 0.25) is 5.91 Å². The first kappa shape index (κ1) is 16.0. The third-order valence-corrected chi connectivity index (χ3v) is 4.61. The van der Waals surface area contributed by atoms with Crippen LogP contribution in [-0.4, -0.2) is 36.5 Å². The second-order valence-corrected chi connectivity index (χ2v) is 6.24. The number of hydrogen-bond donors (Lipinski definition) is 2. The Balaban J connectivity index is 1.95. The van der Waals surface area contributed by atoms with Crippen LogP contribution in [-0.2, 0) is 4.79 Å².